The fraction of sp³-hybridized carbons (Fsp3) is 0.727. The third-order valence-corrected chi connectivity index (χ3v) is 5.19. The lowest BCUT2D eigenvalue weighted by Gasteiger charge is -2.21. The molecule has 3 atom stereocenters. The molecule has 1 aliphatic rings. The van der Waals surface area contributed by atoms with Crippen molar-refractivity contribution in [2.24, 2.45) is 11.8 Å². The maximum Gasteiger partial charge on any atom is 0.159 e. The van der Waals surface area contributed by atoms with Gasteiger partial charge in [-0.2, -0.15) is 0 Å². The molecule has 0 aromatic heterocycles. The molecule has 1 aliphatic carbocycles. The van der Waals surface area contributed by atoms with Gasteiger partial charge in [0, 0.05) is 18.3 Å². The second-order valence-electron chi connectivity index (χ2n) is 7.83. The Labute approximate surface area is 158 Å². The van der Waals surface area contributed by atoms with E-state index in [1.54, 1.807) is 6.08 Å². The molecular weight excluding hydrogens is 328 g/mol. The van der Waals surface area contributed by atoms with Crippen molar-refractivity contribution >= 4 is 11.6 Å². The van der Waals surface area contributed by atoms with Gasteiger partial charge in [-0.3, -0.25) is 9.59 Å². The summed E-state index contributed by atoms with van der Waals surface area (Å²) in [4.78, 5) is 23.1. The van der Waals surface area contributed by atoms with Crippen LogP contribution in [-0.2, 0) is 9.59 Å². The van der Waals surface area contributed by atoms with Crippen molar-refractivity contribution in [3.05, 3.63) is 24.3 Å². The molecule has 0 bridgehead atoms. The molecule has 0 heterocycles. The summed E-state index contributed by atoms with van der Waals surface area (Å²) in [5.74, 6) is 0.263. The summed E-state index contributed by atoms with van der Waals surface area (Å²) in [6.07, 6.45) is 16.4. The second kappa shape index (κ2) is 12.2. The Balaban J connectivity index is 2.32. The number of carbonyl (C=O) groups excluding carboxylic acids is 2. The molecule has 148 valence electrons. The number of rotatable bonds is 14. The molecule has 1 rings (SSSR count). The first-order valence-corrected chi connectivity index (χ1v) is 10.1. The van der Waals surface area contributed by atoms with Crippen molar-refractivity contribution in [1.82, 2.24) is 0 Å². The van der Waals surface area contributed by atoms with Crippen LogP contribution >= 0.6 is 0 Å². The quantitative estimate of drug-likeness (QED) is 0.359. The van der Waals surface area contributed by atoms with Gasteiger partial charge >= 0.3 is 0 Å². The van der Waals surface area contributed by atoms with Crippen molar-refractivity contribution < 1.29 is 19.8 Å². The molecular formula is C22H36O4. The summed E-state index contributed by atoms with van der Waals surface area (Å²) >= 11 is 0. The van der Waals surface area contributed by atoms with E-state index < -0.39 is 5.60 Å². The number of unbranched alkanes of at least 4 members (excludes halogenated alkanes) is 4. The number of aliphatic hydroxyl groups excluding tert-OH is 1. The van der Waals surface area contributed by atoms with Gasteiger partial charge in [0.25, 0.3) is 0 Å². The van der Waals surface area contributed by atoms with Crippen LogP contribution in [0, 0.1) is 11.8 Å². The zero-order chi connectivity index (χ0) is 19.4. The highest BCUT2D eigenvalue weighted by molar-refractivity contribution is 5.94. The van der Waals surface area contributed by atoms with E-state index in [0.29, 0.717) is 12.8 Å². The fourth-order valence-electron chi connectivity index (χ4n) is 3.44. The Morgan fingerprint density at radius 3 is 2.65 bits per heavy atom. The van der Waals surface area contributed by atoms with Crippen LogP contribution in [0.4, 0.5) is 0 Å². The third-order valence-electron chi connectivity index (χ3n) is 5.19. The molecule has 4 nitrogen and oxygen atoms in total. The van der Waals surface area contributed by atoms with Crippen molar-refractivity contribution in [2.45, 2.75) is 83.7 Å². The molecule has 0 saturated carbocycles. The number of carbonyl (C=O) groups is 2. The summed E-state index contributed by atoms with van der Waals surface area (Å²) < 4.78 is 0. The number of hydrogen-bond acceptors (Lipinski definition) is 4. The Hall–Kier alpha value is -1.26. The normalized spacial score (nSPS) is 22.2. The lowest BCUT2D eigenvalue weighted by molar-refractivity contribution is -0.121. The highest BCUT2D eigenvalue weighted by atomic mass is 16.3. The van der Waals surface area contributed by atoms with Crippen LogP contribution in [0.1, 0.15) is 78.1 Å². The van der Waals surface area contributed by atoms with Crippen LogP contribution in [0.25, 0.3) is 0 Å². The number of hydrogen-bond donors (Lipinski definition) is 2. The monoisotopic (exact) mass is 364 g/mol. The minimum absolute atomic E-state index is 0.0194. The minimum Gasteiger partial charge on any atom is -0.390 e. The molecule has 0 aromatic carbocycles. The largest absolute Gasteiger partial charge is 0.390 e. The maximum atomic E-state index is 12.1. The molecule has 0 saturated heterocycles. The summed E-state index contributed by atoms with van der Waals surface area (Å²) in [7, 11) is 0. The third kappa shape index (κ3) is 8.91. The van der Waals surface area contributed by atoms with Crippen LogP contribution in [-0.4, -0.2) is 34.0 Å². The lowest BCUT2D eigenvalue weighted by Crippen LogP contribution is -2.22. The minimum atomic E-state index is -0.666. The van der Waals surface area contributed by atoms with E-state index in [4.69, 9.17) is 5.11 Å². The molecule has 0 aliphatic heterocycles. The first-order valence-electron chi connectivity index (χ1n) is 10.1. The highest BCUT2D eigenvalue weighted by Gasteiger charge is 2.27. The number of ketones is 2. The number of aliphatic hydroxyl groups is 2. The standard InChI is InChI=1S/C22H36O4/c1-3-4-15-22(2,26)16-9-10-18-13-14-21(25)20(18)12-8-6-5-7-11-19(24)17-23/h9-10,13-14,18,20,23,26H,3-8,11-12,15-17H2,1-2H3/b10-9+/t18-,20+,22?/m0/s1. The summed E-state index contributed by atoms with van der Waals surface area (Å²) in [5.41, 5.74) is -0.666. The van der Waals surface area contributed by atoms with Crippen molar-refractivity contribution in [2.75, 3.05) is 6.61 Å². The molecule has 26 heavy (non-hydrogen) atoms. The fourth-order valence-corrected chi connectivity index (χ4v) is 3.44. The van der Waals surface area contributed by atoms with Gasteiger partial charge in [0.15, 0.2) is 11.6 Å². The van der Waals surface area contributed by atoms with Crippen molar-refractivity contribution in [3.8, 4) is 0 Å². The average molecular weight is 365 g/mol. The van der Waals surface area contributed by atoms with E-state index >= 15 is 0 Å². The number of allylic oxidation sites excluding steroid dienone is 3. The summed E-state index contributed by atoms with van der Waals surface area (Å²) in [6.45, 7) is 3.64. The van der Waals surface area contributed by atoms with Crippen LogP contribution in [0.2, 0.25) is 0 Å². The smallest absolute Gasteiger partial charge is 0.159 e. The van der Waals surface area contributed by atoms with Gasteiger partial charge in [-0.05, 0) is 38.7 Å². The lowest BCUT2D eigenvalue weighted by atomic mass is 9.88. The topological polar surface area (TPSA) is 74.6 Å². The first kappa shape index (κ1) is 22.8. The van der Waals surface area contributed by atoms with E-state index in [-0.39, 0.29) is 30.0 Å². The molecule has 0 spiro atoms. The van der Waals surface area contributed by atoms with E-state index in [9.17, 15) is 14.7 Å². The molecule has 0 fully saturated rings. The molecule has 0 radical (unpaired) electrons. The zero-order valence-electron chi connectivity index (χ0n) is 16.5. The summed E-state index contributed by atoms with van der Waals surface area (Å²) in [6, 6.07) is 0. The molecule has 0 aromatic rings. The van der Waals surface area contributed by atoms with Gasteiger partial charge in [0.05, 0.1) is 5.60 Å². The predicted molar refractivity (Wildman–Crippen MR) is 105 cm³/mol. The molecule has 1 unspecified atom stereocenters. The zero-order valence-corrected chi connectivity index (χ0v) is 16.5. The highest BCUT2D eigenvalue weighted by Crippen LogP contribution is 2.29. The molecule has 4 heteroatoms. The Bertz CT molecular complexity index is 490. The Morgan fingerprint density at radius 1 is 1.23 bits per heavy atom. The second-order valence-corrected chi connectivity index (χ2v) is 7.83. The molecule has 0 amide bonds. The van der Waals surface area contributed by atoms with Crippen LogP contribution < -0.4 is 0 Å². The van der Waals surface area contributed by atoms with Gasteiger partial charge in [-0.1, -0.05) is 57.3 Å². The van der Waals surface area contributed by atoms with Crippen molar-refractivity contribution in [1.29, 1.82) is 0 Å². The summed E-state index contributed by atoms with van der Waals surface area (Å²) in [5, 5.41) is 19.0. The van der Waals surface area contributed by atoms with E-state index in [2.05, 4.69) is 13.0 Å². The Kier molecular flexibility index (Phi) is 10.7. The van der Waals surface area contributed by atoms with Gasteiger partial charge in [0.2, 0.25) is 0 Å². The maximum absolute atomic E-state index is 12.1. The van der Waals surface area contributed by atoms with Gasteiger partial charge in [0.1, 0.15) is 6.61 Å². The number of Topliss-reactive ketones (excluding diaryl/α,β-unsaturated/α-hetero) is 1. The van der Waals surface area contributed by atoms with Crippen LogP contribution in [0.5, 0.6) is 0 Å². The van der Waals surface area contributed by atoms with Gasteiger partial charge in [-0.15, -0.1) is 0 Å². The molecule has 2 N–H and O–H groups in total. The van der Waals surface area contributed by atoms with Crippen molar-refractivity contribution in [3.63, 3.8) is 0 Å². The Morgan fingerprint density at radius 2 is 1.96 bits per heavy atom. The van der Waals surface area contributed by atoms with E-state index in [1.165, 1.54) is 0 Å². The van der Waals surface area contributed by atoms with Crippen LogP contribution in [0.15, 0.2) is 24.3 Å². The SMILES string of the molecule is CCCCC(C)(O)C/C=C/[C@H]1C=CC(=O)[C@@H]1CCCCCCC(=O)CO. The van der Waals surface area contributed by atoms with Gasteiger partial charge < -0.3 is 10.2 Å². The van der Waals surface area contributed by atoms with E-state index in [1.807, 2.05) is 19.1 Å². The van der Waals surface area contributed by atoms with Crippen LogP contribution in [0.3, 0.4) is 0 Å². The average Bonchev–Trinajstić information content (AvgIpc) is 2.96. The first-order chi connectivity index (χ1) is 12.4. The van der Waals surface area contributed by atoms with E-state index in [0.717, 1.165) is 51.4 Å². The van der Waals surface area contributed by atoms with Gasteiger partial charge in [-0.25, -0.2) is 0 Å². The predicted octanol–water partition coefficient (Wildman–Crippen LogP) is 4.15.